The van der Waals surface area contributed by atoms with Gasteiger partial charge in [-0.2, -0.15) is 0 Å². The maximum absolute atomic E-state index is 12.0. The number of thioether (sulfide) groups is 1. The molecule has 2 aromatic rings. The van der Waals surface area contributed by atoms with Crippen molar-refractivity contribution in [2.45, 2.75) is 30.4 Å². The van der Waals surface area contributed by atoms with Crippen LogP contribution in [0.15, 0.2) is 14.7 Å². The molecular formula is C11H16N4O3S. The Morgan fingerprint density at radius 2 is 1.89 bits per heavy atom. The summed E-state index contributed by atoms with van der Waals surface area (Å²) in [5, 5.41) is 9.92. The van der Waals surface area contributed by atoms with Crippen LogP contribution in [-0.2, 0) is 14.1 Å². The Bertz CT molecular complexity index is 728. The molecule has 2 aromatic heterocycles. The van der Waals surface area contributed by atoms with E-state index in [2.05, 4.69) is 9.97 Å². The molecular weight excluding hydrogens is 268 g/mol. The molecule has 0 aliphatic heterocycles. The molecule has 19 heavy (non-hydrogen) atoms. The monoisotopic (exact) mass is 284 g/mol. The van der Waals surface area contributed by atoms with Gasteiger partial charge in [-0.1, -0.05) is 18.7 Å². The van der Waals surface area contributed by atoms with E-state index >= 15 is 0 Å². The minimum absolute atomic E-state index is 0.0681. The standard InChI is InChI=1S/C11H16N4O3S/c1-5(16)6(2)19-10-12-7-8(13-10)14(3)11(18)15(4)9(7)17/h5-6,16H,1-4H3,(H,12,13). The van der Waals surface area contributed by atoms with E-state index in [-0.39, 0.29) is 5.25 Å². The van der Waals surface area contributed by atoms with Gasteiger partial charge >= 0.3 is 5.69 Å². The number of nitrogens with one attached hydrogen (secondary N) is 1. The summed E-state index contributed by atoms with van der Waals surface area (Å²) in [5.74, 6) is 0. The smallest absolute Gasteiger partial charge is 0.332 e. The van der Waals surface area contributed by atoms with Gasteiger partial charge in [0.25, 0.3) is 5.56 Å². The summed E-state index contributed by atoms with van der Waals surface area (Å²) in [6.45, 7) is 3.55. The van der Waals surface area contributed by atoms with E-state index in [0.717, 1.165) is 4.57 Å². The number of aryl methyl sites for hydroxylation is 1. The Labute approximate surface area is 113 Å². The molecule has 7 nitrogen and oxygen atoms in total. The highest BCUT2D eigenvalue weighted by Gasteiger charge is 2.17. The normalized spacial score (nSPS) is 14.8. The van der Waals surface area contributed by atoms with E-state index in [1.807, 2.05) is 6.92 Å². The van der Waals surface area contributed by atoms with Crippen LogP contribution < -0.4 is 11.2 Å². The summed E-state index contributed by atoms with van der Waals surface area (Å²) >= 11 is 1.33. The van der Waals surface area contributed by atoms with Gasteiger partial charge in [0.2, 0.25) is 0 Å². The molecule has 0 amide bonds. The molecule has 0 bridgehead atoms. The molecule has 0 aliphatic rings. The Balaban J connectivity index is 2.58. The van der Waals surface area contributed by atoms with E-state index in [4.69, 9.17) is 0 Å². The second kappa shape index (κ2) is 4.86. The lowest BCUT2D eigenvalue weighted by Crippen LogP contribution is -2.36. The zero-order valence-corrected chi connectivity index (χ0v) is 12.0. The van der Waals surface area contributed by atoms with Gasteiger partial charge in [-0.25, -0.2) is 9.78 Å². The Hall–Kier alpha value is -1.54. The van der Waals surface area contributed by atoms with Gasteiger partial charge in [0, 0.05) is 19.3 Å². The minimum atomic E-state index is -0.495. The third-order valence-corrected chi connectivity index (χ3v) is 4.23. The van der Waals surface area contributed by atoms with Gasteiger partial charge < -0.3 is 10.1 Å². The fraction of sp³-hybridized carbons (Fsp3) is 0.545. The van der Waals surface area contributed by atoms with Crippen LogP contribution in [0, 0.1) is 0 Å². The third kappa shape index (κ3) is 2.33. The molecule has 104 valence electrons. The minimum Gasteiger partial charge on any atom is -0.392 e. The first-order chi connectivity index (χ1) is 8.82. The van der Waals surface area contributed by atoms with Crippen molar-refractivity contribution in [3.05, 3.63) is 20.8 Å². The molecule has 2 unspecified atom stereocenters. The van der Waals surface area contributed by atoms with Crippen molar-refractivity contribution in [3.8, 4) is 0 Å². The Morgan fingerprint density at radius 3 is 2.47 bits per heavy atom. The molecule has 0 saturated heterocycles. The topological polar surface area (TPSA) is 92.9 Å². The lowest BCUT2D eigenvalue weighted by atomic mass is 10.3. The van der Waals surface area contributed by atoms with Gasteiger partial charge in [-0.05, 0) is 6.92 Å². The molecule has 2 heterocycles. The van der Waals surface area contributed by atoms with Crippen molar-refractivity contribution in [2.75, 3.05) is 0 Å². The molecule has 0 fully saturated rings. The van der Waals surface area contributed by atoms with Crippen molar-refractivity contribution in [1.29, 1.82) is 0 Å². The molecule has 0 aliphatic carbocycles. The summed E-state index contributed by atoms with van der Waals surface area (Å²) in [6.07, 6.45) is -0.495. The highest BCUT2D eigenvalue weighted by molar-refractivity contribution is 7.99. The number of hydrogen-bond donors (Lipinski definition) is 2. The van der Waals surface area contributed by atoms with Gasteiger partial charge in [0.05, 0.1) is 6.10 Å². The van der Waals surface area contributed by atoms with Gasteiger partial charge in [-0.15, -0.1) is 0 Å². The van der Waals surface area contributed by atoms with Gasteiger partial charge in [0.1, 0.15) is 0 Å². The van der Waals surface area contributed by atoms with Crippen molar-refractivity contribution in [1.82, 2.24) is 19.1 Å². The fourth-order valence-corrected chi connectivity index (χ4v) is 2.48. The number of rotatable bonds is 3. The van der Waals surface area contributed by atoms with Crippen LogP contribution in [0.5, 0.6) is 0 Å². The predicted molar refractivity (Wildman–Crippen MR) is 73.6 cm³/mol. The van der Waals surface area contributed by atoms with E-state index in [1.165, 1.54) is 23.4 Å². The van der Waals surface area contributed by atoms with Crippen LogP contribution in [0.4, 0.5) is 0 Å². The first-order valence-corrected chi connectivity index (χ1v) is 6.71. The number of fused-ring (bicyclic) bond motifs is 1. The van der Waals surface area contributed by atoms with Gasteiger partial charge in [0.15, 0.2) is 16.3 Å². The average molecular weight is 284 g/mol. The lowest BCUT2D eigenvalue weighted by Gasteiger charge is -2.11. The average Bonchev–Trinajstić information content (AvgIpc) is 2.77. The molecule has 2 atom stereocenters. The third-order valence-electron chi connectivity index (χ3n) is 3.05. The second-order valence-corrected chi connectivity index (χ2v) is 5.88. The molecule has 0 aromatic carbocycles. The highest BCUT2D eigenvalue weighted by Crippen LogP contribution is 2.23. The maximum Gasteiger partial charge on any atom is 0.332 e. The van der Waals surface area contributed by atoms with E-state index in [1.54, 1.807) is 14.0 Å². The first kappa shape index (κ1) is 13.9. The van der Waals surface area contributed by atoms with Crippen LogP contribution in [0.2, 0.25) is 0 Å². The number of imidazole rings is 1. The van der Waals surface area contributed by atoms with Crippen LogP contribution in [0.25, 0.3) is 11.2 Å². The fourth-order valence-electron chi connectivity index (χ4n) is 1.64. The van der Waals surface area contributed by atoms with Crippen molar-refractivity contribution < 1.29 is 5.11 Å². The number of H-pyrrole nitrogens is 1. The van der Waals surface area contributed by atoms with Crippen molar-refractivity contribution >= 4 is 22.9 Å². The highest BCUT2D eigenvalue weighted by atomic mass is 32.2. The van der Waals surface area contributed by atoms with Crippen LogP contribution >= 0.6 is 11.8 Å². The maximum atomic E-state index is 12.0. The van der Waals surface area contributed by atoms with E-state index in [9.17, 15) is 14.7 Å². The van der Waals surface area contributed by atoms with Gasteiger partial charge in [-0.3, -0.25) is 13.9 Å². The second-order valence-electron chi connectivity index (χ2n) is 4.51. The zero-order valence-electron chi connectivity index (χ0n) is 11.2. The number of aliphatic hydroxyl groups excluding tert-OH is 1. The molecule has 2 N–H and O–H groups in total. The van der Waals surface area contributed by atoms with Crippen molar-refractivity contribution in [3.63, 3.8) is 0 Å². The lowest BCUT2D eigenvalue weighted by molar-refractivity contribution is 0.196. The number of nitrogens with zero attached hydrogens (tertiary/aromatic N) is 3. The quantitative estimate of drug-likeness (QED) is 0.763. The summed E-state index contributed by atoms with van der Waals surface area (Å²) in [6, 6.07) is 0. The number of hydrogen-bond acceptors (Lipinski definition) is 5. The summed E-state index contributed by atoms with van der Waals surface area (Å²) in [5.41, 5.74) is -0.190. The molecule has 8 heteroatoms. The molecule has 0 saturated carbocycles. The predicted octanol–water partition coefficient (Wildman–Crippen LogP) is -0.178. The van der Waals surface area contributed by atoms with Crippen LogP contribution in [0.1, 0.15) is 13.8 Å². The van der Waals surface area contributed by atoms with E-state index < -0.39 is 17.4 Å². The van der Waals surface area contributed by atoms with Crippen LogP contribution in [0.3, 0.4) is 0 Å². The number of aromatic nitrogens is 4. The number of aliphatic hydroxyl groups is 1. The summed E-state index contributed by atoms with van der Waals surface area (Å²) in [7, 11) is 2.99. The molecule has 0 radical (unpaired) electrons. The first-order valence-electron chi connectivity index (χ1n) is 5.83. The molecule has 0 spiro atoms. The Kier molecular flexibility index (Phi) is 3.55. The summed E-state index contributed by atoms with van der Waals surface area (Å²) in [4.78, 5) is 30.9. The molecule has 2 rings (SSSR count). The zero-order chi connectivity index (χ0) is 14.3. The van der Waals surface area contributed by atoms with Crippen molar-refractivity contribution in [2.24, 2.45) is 14.1 Å². The largest absolute Gasteiger partial charge is 0.392 e. The van der Waals surface area contributed by atoms with E-state index in [0.29, 0.717) is 16.3 Å². The number of aromatic amines is 1. The summed E-state index contributed by atoms with van der Waals surface area (Å²) < 4.78 is 2.36. The Morgan fingerprint density at radius 1 is 1.26 bits per heavy atom. The SMILES string of the molecule is CC(O)C(C)Sc1nc2c([nH]1)c(=O)n(C)c(=O)n2C. The van der Waals surface area contributed by atoms with Crippen LogP contribution in [-0.4, -0.2) is 35.6 Å².